The lowest BCUT2D eigenvalue weighted by Gasteiger charge is -2.19. The number of anilines is 1. The number of hydrogen-bond acceptors (Lipinski definition) is 4. The van der Waals surface area contributed by atoms with E-state index in [2.05, 4.69) is 14.9 Å². The highest BCUT2D eigenvalue weighted by Crippen LogP contribution is 2.11. The molecular formula is C10H15N3O. The Balaban J connectivity index is 2.12. The lowest BCUT2D eigenvalue weighted by atomic mass is 10.3. The van der Waals surface area contributed by atoms with E-state index in [9.17, 15) is 0 Å². The van der Waals surface area contributed by atoms with Crippen LogP contribution in [0.4, 0.5) is 5.95 Å². The van der Waals surface area contributed by atoms with Gasteiger partial charge in [0.25, 0.3) is 0 Å². The van der Waals surface area contributed by atoms with Crippen LogP contribution in [-0.2, 0) is 4.74 Å². The van der Waals surface area contributed by atoms with Crippen LogP contribution in [0.5, 0.6) is 0 Å². The van der Waals surface area contributed by atoms with Crippen molar-refractivity contribution in [2.75, 3.05) is 24.8 Å². The normalized spacial score (nSPS) is 17.9. The minimum atomic E-state index is 0.615. The van der Waals surface area contributed by atoms with Crippen LogP contribution in [0.1, 0.15) is 18.5 Å². The summed E-state index contributed by atoms with van der Waals surface area (Å²) in [6.45, 7) is 4.43. The van der Waals surface area contributed by atoms with Crippen molar-refractivity contribution in [1.29, 1.82) is 0 Å². The van der Waals surface area contributed by atoms with E-state index in [1.165, 1.54) is 0 Å². The van der Waals surface area contributed by atoms with Gasteiger partial charge in [-0.2, -0.15) is 0 Å². The molecule has 1 aromatic heterocycles. The zero-order valence-corrected chi connectivity index (χ0v) is 8.44. The van der Waals surface area contributed by atoms with Gasteiger partial charge in [-0.05, 0) is 25.8 Å². The van der Waals surface area contributed by atoms with Crippen molar-refractivity contribution < 1.29 is 4.74 Å². The Labute approximate surface area is 83.9 Å². The molecule has 1 aliphatic rings. The SMILES string of the molecule is Cc1ccnc(N2CCCCOC2)n1. The molecule has 0 amide bonds. The molecule has 4 heteroatoms. The third kappa shape index (κ3) is 2.20. The van der Waals surface area contributed by atoms with Gasteiger partial charge in [0.15, 0.2) is 0 Å². The topological polar surface area (TPSA) is 38.2 Å². The molecule has 1 saturated heterocycles. The van der Waals surface area contributed by atoms with Gasteiger partial charge in [0.05, 0.1) is 0 Å². The molecule has 1 aromatic rings. The predicted molar refractivity (Wildman–Crippen MR) is 54.2 cm³/mol. The monoisotopic (exact) mass is 193 g/mol. The molecule has 0 unspecified atom stereocenters. The van der Waals surface area contributed by atoms with E-state index in [0.29, 0.717) is 6.73 Å². The standard InChI is InChI=1S/C10H15N3O/c1-9-4-5-11-10(12-9)13-6-2-3-7-14-8-13/h4-5H,2-3,6-8H2,1H3. The number of nitrogens with zero attached hydrogens (tertiary/aromatic N) is 3. The van der Waals surface area contributed by atoms with E-state index in [1.807, 2.05) is 13.0 Å². The quantitative estimate of drug-likeness (QED) is 0.675. The van der Waals surface area contributed by atoms with E-state index < -0.39 is 0 Å². The van der Waals surface area contributed by atoms with Crippen LogP contribution in [0, 0.1) is 6.92 Å². The summed E-state index contributed by atoms with van der Waals surface area (Å²) >= 11 is 0. The molecule has 2 heterocycles. The lowest BCUT2D eigenvalue weighted by Crippen LogP contribution is -2.27. The Kier molecular flexibility index (Phi) is 2.93. The summed E-state index contributed by atoms with van der Waals surface area (Å²) in [5.41, 5.74) is 0.999. The molecule has 14 heavy (non-hydrogen) atoms. The van der Waals surface area contributed by atoms with Gasteiger partial charge in [0.2, 0.25) is 5.95 Å². The summed E-state index contributed by atoms with van der Waals surface area (Å²) in [5.74, 6) is 0.784. The van der Waals surface area contributed by atoms with Gasteiger partial charge in [-0.15, -0.1) is 0 Å². The largest absolute Gasteiger partial charge is 0.361 e. The maximum atomic E-state index is 5.45. The summed E-state index contributed by atoms with van der Waals surface area (Å²) in [5, 5.41) is 0. The van der Waals surface area contributed by atoms with Crippen molar-refractivity contribution in [3.8, 4) is 0 Å². The van der Waals surface area contributed by atoms with Gasteiger partial charge in [0.1, 0.15) is 6.73 Å². The van der Waals surface area contributed by atoms with Gasteiger partial charge in [0, 0.05) is 25.0 Å². The van der Waals surface area contributed by atoms with E-state index in [0.717, 1.165) is 37.6 Å². The van der Waals surface area contributed by atoms with Crippen molar-refractivity contribution in [2.45, 2.75) is 19.8 Å². The maximum Gasteiger partial charge on any atom is 0.227 e. The first-order chi connectivity index (χ1) is 6.86. The van der Waals surface area contributed by atoms with Crippen molar-refractivity contribution in [3.05, 3.63) is 18.0 Å². The molecule has 0 bridgehead atoms. The van der Waals surface area contributed by atoms with Crippen molar-refractivity contribution in [2.24, 2.45) is 0 Å². The molecule has 0 radical (unpaired) electrons. The second-order valence-corrected chi connectivity index (χ2v) is 3.51. The van der Waals surface area contributed by atoms with Crippen LogP contribution < -0.4 is 4.90 Å². The molecule has 0 spiro atoms. The third-order valence-corrected chi connectivity index (χ3v) is 2.28. The van der Waals surface area contributed by atoms with Gasteiger partial charge >= 0.3 is 0 Å². The van der Waals surface area contributed by atoms with Crippen molar-refractivity contribution in [1.82, 2.24) is 9.97 Å². The summed E-state index contributed by atoms with van der Waals surface area (Å²) in [7, 11) is 0. The second-order valence-electron chi connectivity index (χ2n) is 3.51. The minimum absolute atomic E-state index is 0.615. The zero-order valence-electron chi connectivity index (χ0n) is 8.44. The minimum Gasteiger partial charge on any atom is -0.361 e. The van der Waals surface area contributed by atoms with Crippen LogP contribution in [-0.4, -0.2) is 29.9 Å². The molecule has 4 nitrogen and oxygen atoms in total. The van der Waals surface area contributed by atoms with Crippen LogP contribution in [0.15, 0.2) is 12.3 Å². The number of rotatable bonds is 1. The molecule has 2 rings (SSSR count). The highest BCUT2D eigenvalue weighted by Gasteiger charge is 2.11. The fourth-order valence-corrected chi connectivity index (χ4v) is 1.49. The van der Waals surface area contributed by atoms with Crippen LogP contribution in [0.25, 0.3) is 0 Å². The Morgan fingerprint density at radius 3 is 3.21 bits per heavy atom. The molecular weight excluding hydrogens is 178 g/mol. The van der Waals surface area contributed by atoms with Gasteiger partial charge in [-0.25, -0.2) is 9.97 Å². The Hall–Kier alpha value is -1.16. The second kappa shape index (κ2) is 4.37. The van der Waals surface area contributed by atoms with Crippen molar-refractivity contribution in [3.63, 3.8) is 0 Å². The Morgan fingerprint density at radius 2 is 2.36 bits per heavy atom. The molecule has 1 aliphatic heterocycles. The molecule has 0 N–H and O–H groups in total. The lowest BCUT2D eigenvalue weighted by molar-refractivity contribution is 0.145. The molecule has 0 aromatic carbocycles. The van der Waals surface area contributed by atoms with Crippen LogP contribution in [0.3, 0.4) is 0 Å². The number of aromatic nitrogens is 2. The fourth-order valence-electron chi connectivity index (χ4n) is 1.49. The molecule has 76 valence electrons. The number of hydrogen-bond donors (Lipinski definition) is 0. The molecule has 0 aliphatic carbocycles. The van der Waals surface area contributed by atoms with E-state index in [4.69, 9.17) is 4.74 Å². The van der Waals surface area contributed by atoms with E-state index in [1.54, 1.807) is 6.20 Å². The van der Waals surface area contributed by atoms with E-state index >= 15 is 0 Å². The van der Waals surface area contributed by atoms with Gasteiger partial charge < -0.3 is 9.64 Å². The third-order valence-electron chi connectivity index (χ3n) is 2.28. The first-order valence-electron chi connectivity index (χ1n) is 4.98. The smallest absolute Gasteiger partial charge is 0.227 e. The maximum absolute atomic E-state index is 5.45. The first-order valence-corrected chi connectivity index (χ1v) is 4.98. The van der Waals surface area contributed by atoms with Crippen LogP contribution in [0.2, 0.25) is 0 Å². The Bertz CT molecular complexity index is 295. The van der Waals surface area contributed by atoms with Crippen LogP contribution >= 0.6 is 0 Å². The zero-order chi connectivity index (χ0) is 9.80. The molecule has 1 fully saturated rings. The summed E-state index contributed by atoms with van der Waals surface area (Å²) in [6.07, 6.45) is 4.07. The highest BCUT2D eigenvalue weighted by molar-refractivity contribution is 5.29. The van der Waals surface area contributed by atoms with Crippen molar-refractivity contribution >= 4 is 5.95 Å². The average molecular weight is 193 g/mol. The predicted octanol–water partition coefficient (Wildman–Crippen LogP) is 1.36. The number of ether oxygens (including phenoxy) is 1. The first kappa shape index (κ1) is 9.40. The fraction of sp³-hybridized carbons (Fsp3) is 0.600. The molecule has 0 atom stereocenters. The summed E-state index contributed by atoms with van der Waals surface area (Å²) in [6, 6.07) is 1.90. The summed E-state index contributed by atoms with van der Waals surface area (Å²) < 4.78 is 5.45. The highest BCUT2D eigenvalue weighted by atomic mass is 16.5. The number of aryl methyl sites for hydroxylation is 1. The van der Waals surface area contributed by atoms with Gasteiger partial charge in [-0.3, -0.25) is 0 Å². The summed E-state index contributed by atoms with van der Waals surface area (Å²) in [4.78, 5) is 10.7. The molecule has 0 saturated carbocycles. The Morgan fingerprint density at radius 1 is 1.43 bits per heavy atom. The van der Waals surface area contributed by atoms with E-state index in [-0.39, 0.29) is 0 Å². The van der Waals surface area contributed by atoms with Gasteiger partial charge in [-0.1, -0.05) is 0 Å². The average Bonchev–Trinajstić information content (AvgIpc) is 2.45.